The summed E-state index contributed by atoms with van der Waals surface area (Å²) >= 11 is 0. The zero-order valence-corrected chi connectivity index (χ0v) is 10.9. The van der Waals surface area contributed by atoms with Gasteiger partial charge in [-0.05, 0) is 24.5 Å². The first-order valence-electron chi connectivity index (χ1n) is 6.21. The van der Waals surface area contributed by atoms with Crippen LogP contribution in [0.3, 0.4) is 0 Å². The summed E-state index contributed by atoms with van der Waals surface area (Å²) in [5, 5.41) is 8.07. The van der Waals surface area contributed by atoms with Crippen molar-refractivity contribution in [3.05, 3.63) is 53.7 Å². The molecule has 1 atom stereocenters. The molecular formula is C14H18N4O. The van der Waals surface area contributed by atoms with Crippen molar-refractivity contribution in [2.75, 3.05) is 7.11 Å². The number of hydrogen-bond donors (Lipinski definition) is 2. The Hall–Kier alpha value is -1.98. The maximum absolute atomic E-state index is 5.59. The Balaban J connectivity index is 1.99. The lowest BCUT2D eigenvalue weighted by molar-refractivity contribution is 0.388. The molecule has 0 saturated heterocycles. The second-order valence-corrected chi connectivity index (χ2v) is 4.24. The van der Waals surface area contributed by atoms with Crippen molar-refractivity contribution in [2.45, 2.75) is 18.9 Å². The van der Waals surface area contributed by atoms with E-state index >= 15 is 0 Å². The van der Waals surface area contributed by atoms with Gasteiger partial charge in [0.05, 0.1) is 18.8 Å². The van der Waals surface area contributed by atoms with Crippen molar-refractivity contribution in [3.63, 3.8) is 0 Å². The van der Waals surface area contributed by atoms with Crippen LogP contribution in [-0.4, -0.2) is 17.3 Å². The summed E-state index contributed by atoms with van der Waals surface area (Å²) in [7, 11) is 1.57. The zero-order valence-electron chi connectivity index (χ0n) is 10.9. The van der Waals surface area contributed by atoms with Gasteiger partial charge in [-0.3, -0.25) is 11.3 Å². The Bertz CT molecular complexity index is 487. The van der Waals surface area contributed by atoms with Crippen LogP contribution in [0.15, 0.2) is 42.5 Å². The molecule has 5 heteroatoms. The molecule has 0 spiro atoms. The number of hydrogen-bond acceptors (Lipinski definition) is 5. The van der Waals surface area contributed by atoms with Crippen LogP contribution < -0.4 is 16.0 Å². The summed E-state index contributed by atoms with van der Waals surface area (Å²) in [5.41, 5.74) is 4.88. The van der Waals surface area contributed by atoms with Crippen LogP contribution in [0.2, 0.25) is 0 Å². The van der Waals surface area contributed by atoms with Crippen LogP contribution in [0.5, 0.6) is 5.88 Å². The van der Waals surface area contributed by atoms with Crippen molar-refractivity contribution in [1.29, 1.82) is 0 Å². The van der Waals surface area contributed by atoms with Crippen LogP contribution in [0.25, 0.3) is 0 Å². The molecule has 1 aromatic carbocycles. The average Bonchev–Trinajstić information content (AvgIpc) is 2.49. The molecule has 0 bridgehead atoms. The standard InChI is InChI=1S/C14H18N4O/c1-19-14-10-9-13(17-18-14)12(16-15)8-7-11-5-3-2-4-6-11/h2-6,9-10,12,16H,7-8,15H2,1H3. The van der Waals surface area contributed by atoms with E-state index in [0.29, 0.717) is 5.88 Å². The minimum atomic E-state index is -0.0152. The molecule has 1 heterocycles. The third-order valence-electron chi connectivity index (χ3n) is 2.99. The minimum Gasteiger partial charge on any atom is -0.480 e. The maximum Gasteiger partial charge on any atom is 0.233 e. The Morgan fingerprint density at radius 3 is 2.53 bits per heavy atom. The fourth-order valence-corrected chi connectivity index (χ4v) is 1.90. The van der Waals surface area contributed by atoms with Crippen LogP contribution in [0.1, 0.15) is 23.7 Å². The van der Waals surface area contributed by atoms with Gasteiger partial charge in [0.1, 0.15) is 0 Å². The maximum atomic E-state index is 5.59. The van der Waals surface area contributed by atoms with Crippen LogP contribution in [0.4, 0.5) is 0 Å². The van der Waals surface area contributed by atoms with E-state index < -0.39 is 0 Å². The molecule has 0 amide bonds. The Labute approximate surface area is 112 Å². The van der Waals surface area contributed by atoms with E-state index in [1.807, 2.05) is 24.3 Å². The van der Waals surface area contributed by atoms with E-state index in [2.05, 4.69) is 27.8 Å². The number of benzene rings is 1. The number of hydrazine groups is 1. The number of nitrogens with one attached hydrogen (secondary N) is 1. The van der Waals surface area contributed by atoms with Crippen LogP contribution in [0, 0.1) is 0 Å². The molecule has 0 saturated carbocycles. The predicted molar refractivity (Wildman–Crippen MR) is 73.4 cm³/mol. The lowest BCUT2D eigenvalue weighted by atomic mass is 10.0. The van der Waals surface area contributed by atoms with Gasteiger partial charge >= 0.3 is 0 Å². The van der Waals surface area contributed by atoms with Crippen molar-refractivity contribution in [3.8, 4) is 5.88 Å². The quantitative estimate of drug-likeness (QED) is 0.608. The van der Waals surface area contributed by atoms with Crippen molar-refractivity contribution in [2.24, 2.45) is 5.84 Å². The number of aromatic nitrogens is 2. The summed E-state index contributed by atoms with van der Waals surface area (Å²) in [6.07, 6.45) is 1.80. The summed E-state index contributed by atoms with van der Waals surface area (Å²) in [4.78, 5) is 0. The van der Waals surface area contributed by atoms with Gasteiger partial charge < -0.3 is 4.74 Å². The van der Waals surface area contributed by atoms with Crippen LogP contribution >= 0.6 is 0 Å². The molecule has 0 aliphatic heterocycles. The summed E-state index contributed by atoms with van der Waals surface area (Å²) in [6.45, 7) is 0. The summed E-state index contributed by atoms with van der Waals surface area (Å²) in [6, 6.07) is 13.9. The molecule has 2 aromatic rings. The molecule has 0 fully saturated rings. The highest BCUT2D eigenvalue weighted by Crippen LogP contribution is 2.17. The molecule has 1 unspecified atom stereocenters. The first kappa shape index (κ1) is 13.5. The second-order valence-electron chi connectivity index (χ2n) is 4.24. The second kappa shape index (κ2) is 6.82. The molecule has 5 nitrogen and oxygen atoms in total. The Kier molecular flexibility index (Phi) is 4.83. The molecule has 0 radical (unpaired) electrons. The zero-order chi connectivity index (χ0) is 13.5. The highest BCUT2D eigenvalue weighted by atomic mass is 16.5. The normalized spacial score (nSPS) is 12.1. The van der Waals surface area contributed by atoms with Gasteiger partial charge in [0.25, 0.3) is 0 Å². The monoisotopic (exact) mass is 258 g/mol. The van der Waals surface area contributed by atoms with Crippen LogP contribution in [-0.2, 0) is 6.42 Å². The van der Waals surface area contributed by atoms with E-state index in [0.717, 1.165) is 18.5 Å². The van der Waals surface area contributed by atoms with Gasteiger partial charge in [-0.25, -0.2) is 0 Å². The van der Waals surface area contributed by atoms with Gasteiger partial charge in [0.15, 0.2) is 0 Å². The van der Waals surface area contributed by atoms with Gasteiger partial charge in [-0.15, -0.1) is 5.10 Å². The van der Waals surface area contributed by atoms with Crippen molar-refractivity contribution < 1.29 is 4.74 Å². The number of rotatable bonds is 6. The van der Waals surface area contributed by atoms with E-state index in [9.17, 15) is 0 Å². The van der Waals surface area contributed by atoms with E-state index in [1.54, 1.807) is 13.2 Å². The lowest BCUT2D eigenvalue weighted by Gasteiger charge is -2.14. The predicted octanol–water partition coefficient (Wildman–Crippen LogP) is 1.62. The number of ether oxygens (including phenoxy) is 1. The molecule has 0 aliphatic rings. The summed E-state index contributed by atoms with van der Waals surface area (Å²) < 4.78 is 4.99. The largest absolute Gasteiger partial charge is 0.480 e. The third kappa shape index (κ3) is 3.74. The fourth-order valence-electron chi connectivity index (χ4n) is 1.90. The summed E-state index contributed by atoms with van der Waals surface area (Å²) in [5.74, 6) is 6.09. The number of aryl methyl sites for hydroxylation is 1. The van der Waals surface area contributed by atoms with Gasteiger partial charge in [0, 0.05) is 6.07 Å². The van der Waals surface area contributed by atoms with E-state index in [4.69, 9.17) is 10.6 Å². The van der Waals surface area contributed by atoms with Gasteiger partial charge in [0.2, 0.25) is 5.88 Å². The fraction of sp³-hybridized carbons (Fsp3) is 0.286. The Morgan fingerprint density at radius 1 is 1.16 bits per heavy atom. The highest BCUT2D eigenvalue weighted by molar-refractivity contribution is 5.17. The molecular weight excluding hydrogens is 240 g/mol. The molecule has 3 N–H and O–H groups in total. The topological polar surface area (TPSA) is 73.1 Å². The van der Waals surface area contributed by atoms with Gasteiger partial charge in [-0.1, -0.05) is 30.3 Å². The Morgan fingerprint density at radius 2 is 1.95 bits per heavy atom. The van der Waals surface area contributed by atoms with Gasteiger partial charge in [-0.2, -0.15) is 5.10 Å². The smallest absolute Gasteiger partial charge is 0.233 e. The lowest BCUT2D eigenvalue weighted by Crippen LogP contribution is -2.29. The third-order valence-corrected chi connectivity index (χ3v) is 2.99. The number of nitrogens with two attached hydrogens (primary N) is 1. The minimum absolute atomic E-state index is 0.0152. The molecule has 100 valence electrons. The first-order valence-corrected chi connectivity index (χ1v) is 6.21. The number of nitrogens with zero attached hydrogens (tertiary/aromatic N) is 2. The van der Waals surface area contributed by atoms with Crippen molar-refractivity contribution >= 4 is 0 Å². The first-order chi connectivity index (χ1) is 9.33. The molecule has 0 aliphatic carbocycles. The highest BCUT2D eigenvalue weighted by Gasteiger charge is 2.12. The van der Waals surface area contributed by atoms with Crippen molar-refractivity contribution in [1.82, 2.24) is 15.6 Å². The average molecular weight is 258 g/mol. The SMILES string of the molecule is COc1ccc(C(CCc2ccccc2)NN)nn1. The number of methoxy groups -OCH3 is 1. The molecule has 2 rings (SSSR count). The van der Waals surface area contributed by atoms with E-state index in [-0.39, 0.29) is 6.04 Å². The van der Waals surface area contributed by atoms with E-state index in [1.165, 1.54) is 5.56 Å². The molecule has 1 aromatic heterocycles. The molecule has 19 heavy (non-hydrogen) atoms.